The highest BCUT2D eigenvalue weighted by Gasteiger charge is 2.54. The molecular formula is C19H23NO5. The number of carbonyl (C=O) groups is 2. The van der Waals surface area contributed by atoms with Crippen molar-refractivity contribution in [1.82, 2.24) is 0 Å². The van der Waals surface area contributed by atoms with E-state index in [2.05, 4.69) is 5.32 Å². The van der Waals surface area contributed by atoms with Gasteiger partial charge in [-0.1, -0.05) is 0 Å². The van der Waals surface area contributed by atoms with Gasteiger partial charge in [-0.3, -0.25) is 9.59 Å². The van der Waals surface area contributed by atoms with Crippen LogP contribution in [0.1, 0.15) is 52.2 Å². The van der Waals surface area contributed by atoms with Gasteiger partial charge in [-0.2, -0.15) is 0 Å². The van der Waals surface area contributed by atoms with Crippen LogP contribution < -0.4 is 10.1 Å². The van der Waals surface area contributed by atoms with Crippen molar-refractivity contribution in [2.45, 2.75) is 57.8 Å². The van der Waals surface area contributed by atoms with Crippen LogP contribution in [0.25, 0.3) is 0 Å². The predicted molar refractivity (Wildman–Crippen MR) is 92.2 cm³/mol. The highest BCUT2D eigenvalue weighted by atomic mass is 16.6. The third-order valence-electron chi connectivity index (χ3n) is 4.92. The fraction of sp³-hybridized carbons (Fsp3) is 0.474. The molecule has 1 aromatic rings. The Morgan fingerprint density at radius 2 is 2.04 bits per heavy atom. The van der Waals surface area contributed by atoms with E-state index in [0.717, 1.165) is 0 Å². The number of benzene rings is 1. The van der Waals surface area contributed by atoms with Gasteiger partial charge in [0, 0.05) is 37.1 Å². The van der Waals surface area contributed by atoms with Gasteiger partial charge in [0.05, 0.1) is 0 Å². The van der Waals surface area contributed by atoms with E-state index in [1.54, 1.807) is 39.0 Å². The summed E-state index contributed by atoms with van der Waals surface area (Å²) in [5.74, 6) is 0.975. The SMILES string of the molecule is CC(=O)Nc1ccc2c(c1)C(OC1=CC(=O)CC1)C(C)(O)C(C)(C)O2. The van der Waals surface area contributed by atoms with Crippen LogP contribution in [-0.4, -0.2) is 28.0 Å². The number of allylic oxidation sites excluding steroid dienone is 2. The molecule has 0 spiro atoms. The van der Waals surface area contributed by atoms with Crippen molar-refractivity contribution < 1.29 is 24.2 Å². The second-order valence-corrected chi connectivity index (χ2v) is 7.27. The van der Waals surface area contributed by atoms with Crippen LogP contribution in [-0.2, 0) is 14.3 Å². The summed E-state index contributed by atoms with van der Waals surface area (Å²) >= 11 is 0. The van der Waals surface area contributed by atoms with Gasteiger partial charge in [0.25, 0.3) is 0 Å². The molecule has 2 unspecified atom stereocenters. The van der Waals surface area contributed by atoms with Crippen LogP contribution in [0.4, 0.5) is 5.69 Å². The first-order valence-electron chi connectivity index (χ1n) is 8.33. The van der Waals surface area contributed by atoms with Crippen LogP contribution >= 0.6 is 0 Å². The quantitative estimate of drug-likeness (QED) is 0.880. The maximum atomic E-state index is 11.5. The number of carbonyl (C=O) groups excluding carboxylic acids is 2. The highest BCUT2D eigenvalue weighted by molar-refractivity contribution is 5.92. The molecule has 0 saturated heterocycles. The molecule has 1 aliphatic carbocycles. The van der Waals surface area contributed by atoms with Crippen molar-refractivity contribution in [2.24, 2.45) is 0 Å². The lowest BCUT2D eigenvalue weighted by Gasteiger charge is -2.49. The number of rotatable bonds is 3. The van der Waals surface area contributed by atoms with E-state index < -0.39 is 17.3 Å². The number of fused-ring (bicyclic) bond motifs is 1. The number of amides is 1. The van der Waals surface area contributed by atoms with E-state index >= 15 is 0 Å². The van der Waals surface area contributed by atoms with E-state index in [0.29, 0.717) is 35.6 Å². The maximum Gasteiger partial charge on any atom is 0.221 e. The van der Waals surface area contributed by atoms with Gasteiger partial charge in [0.15, 0.2) is 11.9 Å². The molecular weight excluding hydrogens is 322 g/mol. The molecule has 2 N–H and O–H groups in total. The Kier molecular flexibility index (Phi) is 4.11. The number of aliphatic hydroxyl groups is 1. The van der Waals surface area contributed by atoms with Crippen LogP contribution in [0, 0.1) is 0 Å². The Morgan fingerprint density at radius 3 is 2.64 bits per heavy atom. The highest BCUT2D eigenvalue weighted by Crippen LogP contribution is 2.49. The Bertz CT molecular complexity index is 763. The topological polar surface area (TPSA) is 84.9 Å². The van der Waals surface area contributed by atoms with Crippen LogP contribution in [0.2, 0.25) is 0 Å². The normalized spacial score (nSPS) is 27.2. The zero-order chi connectivity index (χ0) is 18.4. The summed E-state index contributed by atoms with van der Waals surface area (Å²) in [6.45, 7) is 6.67. The number of nitrogens with one attached hydrogen (secondary N) is 1. The van der Waals surface area contributed by atoms with Crippen LogP contribution in [0.15, 0.2) is 30.0 Å². The first-order chi connectivity index (χ1) is 11.6. The summed E-state index contributed by atoms with van der Waals surface area (Å²) in [6.07, 6.45) is 1.70. The van der Waals surface area contributed by atoms with Gasteiger partial charge in [-0.15, -0.1) is 0 Å². The van der Waals surface area contributed by atoms with Crippen molar-refractivity contribution in [2.75, 3.05) is 5.32 Å². The molecule has 134 valence electrons. The van der Waals surface area contributed by atoms with Gasteiger partial charge in [-0.25, -0.2) is 0 Å². The standard InChI is InChI=1S/C19H23NO5/c1-11(21)20-12-5-8-16-15(9-12)17(19(4,23)18(2,3)25-16)24-14-7-6-13(22)10-14/h5,8-10,17,23H,6-7H2,1-4H3,(H,20,21). The largest absolute Gasteiger partial charge is 0.487 e. The lowest BCUT2D eigenvalue weighted by atomic mass is 9.77. The molecule has 0 fully saturated rings. The molecule has 3 rings (SSSR count). The van der Waals surface area contributed by atoms with Crippen LogP contribution in [0.3, 0.4) is 0 Å². The summed E-state index contributed by atoms with van der Waals surface area (Å²) in [6, 6.07) is 5.23. The summed E-state index contributed by atoms with van der Waals surface area (Å²) in [4.78, 5) is 22.9. The number of ketones is 1. The number of anilines is 1. The zero-order valence-corrected chi connectivity index (χ0v) is 14.9. The molecule has 0 aromatic heterocycles. The molecule has 25 heavy (non-hydrogen) atoms. The molecule has 1 heterocycles. The van der Waals surface area contributed by atoms with E-state index in [-0.39, 0.29) is 11.7 Å². The first-order valence-corrected chi connectivity index (χ1v) is 8.33. The fourth-order valence-electron chi connectivity index (χ4n) is 3.12. The van der Waals surface area contributed by atoms with Gasteiger partial charge in [-0.05, 0) is 39.0 Å². The van der Waals surface area contributed by atoms with Crippen LogP contribution in [0.5, 0.6) is 5.75 Å². The van der Waals surface area contributed by atoms with Gasteiger partial charge in [0.2, 0.25) is 5.91 Å². The van der Waals surface area contributed by atoms with Crippen molar-refractivity contribution in [3.05, 3.63) is 35.6 Å². The van der Waals surface area contributed by atoms with Gasteiger partial charge in [0.1, 0.15) is 22.7 Å². The lowest BCUT2D eigenvalue weighted by molar-refractivity contribution is -0.188. The third kappa shape index (κ3) is 3.14. The number of hydrogen-bond donors (Lipinski definition) is 2. The van der Waals surface area contributed by atoms with Crippen molar-refractivity contribution in [3.8, 4) is 5.75 Å². The number of hydrogen-bond acceptors (Lipinski definition) is 5. The molecule has 1 aromatic carbocycles. The molecule has 0 radical (unpaired) electrons. The molecule has 1 amide bonds. The Balaban J connectivity index is 2.04. The Labute approximate surface area is 146 Å². The molecule has 6 nitrogen and oxygen atoms in total. The molecule has 0 saturated carbocycles. The fourth-order valence-corrected chi connectivity index (χ4v) is 3.12. The van der Waals surface area contributed by atoms with Gasteiger partial charge < -0.3 is 19.9 Å². The Hall–Kier alpha value is -2.34. The van der Waals surface area contributed by atoms with Crippen molar-refractivity contribution >= 4 is 17.4 Å². The summed E-state index contributed by atoms with van der Waals surface area (Å²) in [7, 11) is 0. The minimum absolute atomic E-state index is 0.0215. The summed E-state index contributed by atoms with van der Waals surface area (Å²) < 4.78 is 12.0. The third-order valence-corrected chi connectivity index (χ3v) is 4.92. The number of ether oxygens (including phenoxy) is 2. The lowest BCUT2D eigenvalue weighted by Crippen LogP contribution is -2.58. The Morgan fingerprint density at radius 1 is 1.32 bits per heavy atom. The second-order valence-electron chi connectivity index (χ2n) is 7.27. The average Bonchev–Trinajstić information content (AvgIpc) is 2.89. The van der Waals surface area contributed by atoms with E-state index in [1.807, 2.05) is 0 Å². The maximum absolute atomic E-state index is 11.5. The molecule has 0 bridgehead atoms. The van der Waals surface area contributed by atoms with Crippen molar-refractivity contribution in [3.63, 3.8) is 0 Å². The van der Waals surface area contributed by atoms with Gasteiger partial charge >= 0.3 is 0 Å². The zero-order valence-electron chi connectivity index (χ0n) is 14.9. The van der Waals surface area contributed by atoms with E-state index in [9.17, 15) is 14.7 Å². The second kappa shape index (κ2) is 5.88. The molecule has 2 aliphatic rings. The molecule has 6 heteroatoms. The monoisotopic (exact) mass is 345 g/mol. The van der Waals surface area contributed by atoms with E-state index in [1.165, 1.54) is 13.0 Å². The summed E-state index contributed by atoms with van der Waals surface area (Å²) in [5.41, 5.74) is -1.02. The minimum Gasteiger partial charge on any atom is -0.487 e. The first kappa shape index (κ1) is 17.5. The molecule has 1 aliphatic heterocycles. The summed E-state index contributed by atoms with van der Waals surface area (Å²) in [5, 5.41) is 13.9. The molecule has 2 atom stereocenters. The average molecular weight is 345 g/mol. The van der Waals surface area contributed by atoms with Crippen molar-refractivity contribution in [1.29, 1.82) is 0 Å². The minimum atomic E-state index is -1.35. The van der Waals surface area contributed by atoms with E-state index in [4.69, 9.17) is 9.47 Å². The smallest absolute Gasteiger partial charge is 0.221 e. The predicted octanol–water partition coefficient (Wildman–Crippen LogP) is 2.87.